The Labute approximate surface area is 153 Å². The number of hydrogen-bond donors (Lipinski definition) is 1. The molecule has 1 aromatic rings. The number of carbonyl (C=O) groups is 2. The van der Waals surface area contributed by atoms with Gasteiger partial charge in [-0.15, -0.1) is 0 Å². The average Bonchev–Trinajstić information content (AvgIpc) is 3.34. The maximum absolute atomic E-state index is 13.4. The van der Waals surface area contributed by atoms with Gasteiger partial charge in [0.05, 0.1) is 18.7 Å². The number of aliphatic hydroxyl groups excluding tert-OH is 1. The number of benzene rings is 1. The molecule has 0 radical (unpaired) electrons. The lowest BCUT2D eigenvalue weighted by Gasteiger charge is -2.58. The Morgan fingerprint density at radius 1 is 1.12 bits per heavy atom. The molecule has 1 aliphatic carbocycles. The van der Waals surface area contributed by atoms with Gasteiger partial charge in [-0.3, -0.25) is 24.3 Å². The fourth-order valence-corrected chi connectivity index (χ4v) is 4.90. The SMILES string of the molecule is O=C1[C@@H]2C[C@@H](O)CN2C2(CN(CC3CC3)C2)C(=O)N1Cc1ccccc1. The summed E-state index contributed by atoms with van der Waals surface area (Å²) in [5.41, 5.74) is 0.338. The molecule has 6 heteroatoms. The molecule has 3 aliphatic heterocycles. The monoisotopic (exact) mass is 355 g/mol. The first-order valence-corrected chi connectivity index (χ1v) is 9.64. The molecule has 4 aliphatic rings. The third-order valence-electron chi connectivity index (χ3n) is 6.39. The van der Waals surface area contributed by atoms with Gasteiger partial charge < -0.3 is 5.11 Å². The molecule has 4 fully saturated rings. The zero-order valence-corrected chi connectivity index (χ0v) is 14.9. The van der Waals surface area contributed by atoms with Crippen LogP contribution in [0.15, 0.2) is 30.3 Å². The number of hydrogen-bond acceptors (Lipinski definition) is 5. The number of imide groups is 1. The molecule has 26 heavy (non-hydrogen) atoms. The summed E-state index contributed by atoms with van der Waals surface area (Å²) in [4.78, 5) is 32.2. The fourth-order valence-electron chi connectivity index (χ4n) is 4.90. The highest BCUT2D eigenvalue weighted by Crippen LogP contribution is 2.42. The number of amides is 2. The van der Waals surface area contributed by atoms with Gasteiger partial charge in [0.2, 0.25) is 5.91 Å². The molecule has 1 aromatic carbocycles. The molecule has 2 atom stereocenters. The van der Waals surface area contributed by atoms with E-state index in [0.29, 0.717) is 32.6 Å². The van der Waals surface area contributed by atoms with Crippen LogP contribution < -0.4 is 0 Å². The van der Waals surface area contributed by atoms with Crippen molar-refractivity contribution in [1.29, 1.82) is 0 Å². The van der Waals surface area contributed by atoms with Crippen LogP contribution in [-0.2, 0) is 16.1 Å². The van der Waals surface area contributed by atoms with E-state index in [9.17, 15) is 14.7 Å². The van der Waals surface area contributed by atoms with Crippen LogP contribution in [0, 0.1) is 5.92 Å². The lowest BCUT2D eigenvalue weighted by atomic mass is 9.82. The number of piperazine rings is 1. The molecule has 6 nitrogen and oxygen atoms in total. The molecule has 2 amide bonds. The van der Waals surface area contributed by atoms with Crippen LogP contribution in [0.3, 0.4) is 0 Å². The number of rotatable bonds is 4. The summed E-state index contributed by atoms with van der Waals surface area (Å²) in [5, 5.41) is 10.2. The van der Waals surface area contributed by atoms with E-state index in [1.807, 2.05) is 35.2 Å². The first-order valence-electron chi connectivity index (χ1n) is 9.64. The number of aliphatic hydroxyl groups is 1. The van der Waals surface area contributed by atoms with Crippen LogP contribution in [0.4, 0.5) is 0 Å². The normalized spacial score (nSPS) is 31.3. The van der Waals surface area contributed by atoms with Gasteiger partial charge in [0.15, 0.2) is 0 Å². The molecule has 3 saturated heterocycles. The van der Waals surface area contributed by atoms with Gasteiger partial charge in [-0.1, -0.05) is 30.3 Å². The topological polar surface area (TPSA) is 64.1 Å². The Balaban J connectivity index is 1.42. The van der Waals surface area contributed by atoms with E-state index in [2.05, 4.69) is 4.90 Å². The predicted molar refractivity (Wildman–Crippen MR) is 95.0 cm³/mol. The van der Waals surface area contributed by atoms with Crippen molar-refractivity contribution in [2.24, 2.45) is 5.92 Å². The van der Waals surface area contributed by atoms with E-state index in [4.69, 9.17) is 0 Å². The van der Waals surface area contributed by atoms with Crippen molar-refractivity contribution in [2.75, 3.05) is 26.2 Å². The minimum absolute atomic E-state index is 0.0799. The van der Waals surface area contributed by atoms with E-state index in [0.717, 1.165) is 18.0 Å². The summed E-state index contributed by atoms with van der Waals surface area (Å²) < 4.78 is 0. The Kier molecular flexibility index (Phi) is 3.71. The third-order valence-corrected chi connectivity index (χ3v) is 6.39. The van der Waals surface area contributed by atoms with Gasteiger partial charge in [0.25, 0.3) is 5.91 Å². The van der Waals surface area contributed by atoms with E-state index in [1.54, 1.807) is 0 Å². The van der Waals surface area contributed by atoms with E-state index < -0.39 is 11.6 Å². The van der Waals surface area contributed by atoms with Crippen molar-refractivity contribution >= 4 is 11.8 Å². The van der Waals surface area contributed by atoms with Crippen molar-refractivity contribution < 1.29 is 14.7 Å². The summed E-state index contributed by atoms with van der Waals surface area (Å²) in [7, 11) is 0. The Morgan fingerprint density at radius 2 is 1.85 bits per heavy atom. The molecule has 0 unspecified atom stereocenters. The first kappa shape index (κ1) is 16.4. The summed E-state index contributed by atoms with van der Waals surface area (Å²) in [5.74, 6) is 0.554. The van der Waals surface area contributed by atoms with Crippen LogP contribution >= 0.6 is 0 Å². The predicted octanol–water partition coefficient (Wildman–Crippen LogP) is 0.455. The summed E-state index contributed by atoms with van der Waals surface area (Å²) >= 11 is 0. The fraction of sp³-hybridized carbons (Fsp3) is 0.600. The summed E-state index contributed by atoms with van der Waals surface area (Å²) in [6.07, 6.45) is 2.49. The minimum Gasteiger partial charge on any atom is -0.392 e. The molecule has 0 aromatic heterocycles. The van der Waals surface area contributed by atoms with Gasteiger partial charge >= 0.3 is 0 Å². The van der Waals surface area contributed by atoms with Crippen LogP contribution in [0.2, 0.25) is 0 Å². The highest BCUT2D eigenvalue weighted by atomic mass is 16.3. The molecule has 3 heterocycles. The van der Waals surface area contributed by atoms with Crippen molar-refractivity contribution in [2.45, 2.75) is 43.5 Å². The van der Waals surface area contributed by atoms with Gasteiger partial charge in [0, 0.05) is 26.2 Å². The van der Waals surface area contributed by atoms with Gasteiger partial charge in [-0.2, -0.15) is 0 Å². The second-order valence-electron chi connectivity index (χ2n) is 8.42. The average molecular weight is 355 g/mol. The van der Waals surface area contributed by atoms with Crippen LogP contribution in [0.25, 0.3) is 0 Å². The second kappa shape index (κ2) is 5.87. The van der Waals surface area contributed by atoms with E-state index in [1.165, 1.54) is 17.7 Å². The van der Waals surface area contributed by atoms with Crippen LogP contribution in [0.1, 0.15) is 24.8 Å². The van der Waals surface area contributed by atoms with E-state index in [-0.39, 0.29) is 17.9 Å². The number of carbonyl (C=O) groups excluding carboxylic acids is 2. The highest BCUT2D eigenvalue weighted by Gasteiger charge is 2.64. The third kappa shape index (κ3) is 2.51. The van der Waals surface area contributed by atoms with Crippen LogP contribution in [-0.4, -0.2) is 75.5 Å². The smallest absolute Gasteiger partial charge is 0.252 e. The lowest BCUT2D eigenvalue weighted by Crippen LogP contribution is -2.81. The van der Waals surface area contributed by atoms with Crippen molar-refractivity contribution in [1.82, 2.24) is 14.7 Å². The maximum atomic E-state index is 13.4. The molecule has 138 valence electrons. The molecule has 5 rings (SSSR count). The largest absolute Gasteiger partial charge is 0.392 e. The molecular weight excluding hydrogens is 330 g/mol. The van der Waals surface area contributed by atoms with Crippen molar-refractivity contribution in [3.63, 3.8) is 0 Å². The Morgan fingerprint density at radius 3 is 2.54 bits per heavy atom. The lowest BCUT2D eigenvalue weighted by molar-refractivity contribution is -0.180. The molecule has 1 spiro atoms. The zero-order valence-electron chi connectivity index (χ0n) is 14.9. The number of fused-ring (bicyclic) bond motifs is 2. The van der Waals surface area contributed by atoms with Crippen molar-refractivity contribution in [3.05, 3.63) is 35.9 Å². The number of β-amino-alcohol motifs (C(OH)–C–C–N with tert-alkyl or cyclic N) is 1. The zero-order chi connectivity index (χ0) is 17.9. The Bertz CT molecular complexity index is 727. The molecular formula is C20H25N3O3. The highest BCUT2D eigenvalue weighted by molar-refractivity contribution is 6.06. The standard InChI is InChI=1S/C20H25N3O3/c24-16-8-17-18(25)22(10-14-4-2-1-3-5-14)19(26)20(23(17)11-16)12-21(13-20)9-15-6-7-15/h1-5,15-17,24H,6-13H2/t16-,17+/m1/s1. The van der Waals surface area contributed by atoms with Crippen molar-refractivity contribution in [3.8, 4) is 0 Å². The minimum atomic E-state index is -0.625. The first-order chi connectivity index (χ1) is 12.6. The molecule has 1 saturated carbocycles. The Hall–Kier alpha value is -1.76. The van der Waals surface area contributed by atoms with Crippen LogP contribution in [0.5, 0.6) is 0 Å². The molecule has 1 N–H and O–H groups in total. The molecule has 0 bridgehead atoms. The van der Waals surface area contributed by atoms with Gasteiger partial charge in [-0.05, 0) is 30.7 Å². The number of likely N-dealkylation sites (tertiary alicyclic amines) is 1. The van der Waals surface area contributed by atoms with Gasteiger partial charge in [0.1, 0.15) is 5.54 Å². The quantitative estimate of drug-likeness (QED) is 0.795. The second-order valence-corrected chi connectivity index (χ2v) is 8.42. The van der Waals surface area contributed by atoms with Gasteiger partial charge in [-0.25, -0.2) is 0 Å². The maximum Gasteiger partial charge on any atom is 0.252 e. The summed E-state index contributed by atoms with van der Waals surface area (Å²) in [6, 6.07) is 9.32. The summed E-state index contributed by atoms with van der Waals surface area (Å²) in [6.45, 7) is 3.18. The number of nitrogens with zero attached hydrogens (tertiary/aromatic N) is 3. The van der Waals surface area contributed by atoms with E-state index >= 15 is 0 Å².